The molecule has 2 aromatic rings. The highest BCUT2D eigenvalue weighted by Gasteiger charge is 2.13. The maximum absolute atomic E-state index is 12.4. The quantitative estimate of drug-likeness (QED) is 0.904. The summed E-state index contributed by atoms with van der Waals surface area (Å²) in [7, 11) is 1.74. The molecular formula is C14H20N4O2. The van der Waals surface area contributed by atoms with Crippen LogP contribution in [0.4, 0.5) is 0 Å². The molecule has 20 heavy (non-hydrogen) atoms. The summed E-state index contributed by atoms with van der Waals surface area (Å²) in [5.41, 5.74) is 1.15. The van der Waals surface area contributed by atoms with Gasteiger partial charge in [0.25, 0.3) is 5.56 Å². The second-order valence-electron chi connectivity index (χ2n) is 5.10. The van der Waals surface area contributed by atoms with E-state index in [9.17, 15) is 9.59 Å². The van der Waals surface area contributed by atoms with Crippen LogP contribution in [0.2, 0.25) is 0 Å². The van der Waals surface area contributed by atoms with Gasteiger partial charge in [-0.1, -0.05) is 6.92 Å². The van der Waals surface area contributed by atoms with Gasteiger partial charge in [0.2, 0.25) is 5.91 Å². The predicted molar refractivity (Wildman–Crippen MR) is 77.6 cm³/mol. The number of pyridine rings is 1. The lowest BCUT2D eigenvalue weighted by Crippen LogP contribution is -2.37. The molecule has 2 aromatic heterocycles. The number of nitrogens with one attached hydrogen (secondary N) is 1. The molecule has 6 heteroatoms. The van der Waals surface area contributed by atoms with Crippen LogP contribution in [-0.4, -0.2) is 26.3 Å². The third-order valence-corrected chi connectivity index (χ3v) is 3.49. The first-order valence-electron chi connectivity index (χ1n) is 6.76. The summed E-state index contributed by atoms with van der Waals surface area (Å²) in [6.07, 6.45) is 2.51. The van der Waals surface area contributed by atoms with Gasteiger partial charge in [-0.15, -0.1) is 0 Å². The highest BCUT2D eigenvalue weighted by atomic mass is 16.2. The fourth-order valence-electron chi connectivity index (χ4n) is 2.20. The van der Waals surface area contributed by atoms with Crippen molar-refractivity contribution in [2.24, 2.45) is 7.05 Å². The van der Waals surface area contributed by atoms with Crippen molar-refractivity contribution in [2.45, 2.75) is 39.8 Å². The lowest BCUT2D eigenvalue weighted by molar-refractivity contribution is -0.122. The number of amides is 1. The second kappa shape index (κ2) is 5.48. The van der Waals surface area contributed by atoms with Gasteiger partial charge in [0.1, 0.15) is 12.1 Å². The van der Waals surface area contributed by atoms with Crippen molar-refractivity contribution < 1.29 is 4.79 Å². The lowest BCUT2D eigenvalue weighted by Gasteiger charge is -2.12. The molecule has 0 aliphatic carbocycles. The molecule has 0 aliphatic heterocycles. The molecule has 0 aliphatic rings. The summed E-state index contributed by atoms with van der Waals surface area (Å²) in [6.45, 7) is 5.83. The van der Waals surface area contributed by atoms with Crippen molar-refractivity contribution in [3.63, 3.8) is 0 Å². The van der Waals surface area contributed by atoms with Crippen LogP contribution in [0.15, 0.2) is 17.1 Å². The largest absolute Gasteiger partial charge is 0.352 e. The molecule has 0 saturated heterocycles. The Morgan fingerprint density at radius 1 is 1.50 bits per heavy atom. The van der Waals surface area contributed by atoms with E-state index in [1.165, 1.54) is 4.57 Å². The average Bonchev–Trinajstić information content (AvgIpc) is 2.68. The number of carbonyl (C=O) groups is 1. The molecule has 0 saturated carbocycles. The zero-order valence-electron chi connectivity index (χ0n) is 12.3. The molecule has 0 aromatic carbocycles. The van der Waals surface area contributed by atoms with Crippen molar-refractivity contribution in [2.75, 3.05) is 0 Å². The van der Waals surface area contributed by atoms with Crippen LogP contribution in [0.1, 0.15) is 26.0 Å². The van der Waals surface area contributed by atoms with Gasteiger partial charge < -0.3 is 9.88 Å². The molecule has 1 N–H and O–H groups in total. The van der Waals surface area contributed by atoms with Crippen LogP contribution in [0.25, 0.3) is 10.9 Å². The van der Waals surface area contributed by atoms with E-state index in [1.54, 1.807) is 17.9 Å². The topological polar surface area (TPSA) is 68.9 Å². The molecule has 0 bridgehead atoms. The van der Waals surface area contributed by atoms with Crippen LogP contribution in [0, 0.1) is 6.92 Å². The summed E-state index contributed by atoms with van der Waals surface area (Å²) in [5, 5.41) is 7.92. The Kier molecular flexibility index (Phi) is 3.92. The number of carbonyl (C=O) groups excluding carboxylic acids is 1. The predicted octanol–water partition coefficient (Wildman–Crippen LogP) is 0.958. The van der Waals surface area contributed by atoms with Crippen LogP contribution in [-0.2, 0) is 18.4 Å². The monoisotopic (exact) mass is 276 g/mol. The van der Waals surface area contributed by atoms with Gasteiger partial charge >= 0.3 is 0 Å². The van der Waals surface area contributed by atoms with Gasteiger partial charge in [-0.25, -0.2) is 0 Å². The van der Waals surface area contributed by atoms with Crippen molar-refractivity contribution in [3.05, 3.63) is 28.3 Å². The second-order valence-corrected chi connectivity index (χ2v) is 5.10. The first-order valence-corrected chi connectivity index (χ1v) is 6.76. The number of aromatic nitrogens is 3. The van der Waals surface area contributed by atoms with Crippen molar-refractivity contribution in [1.82, 2.24) is 19.7 Å². The minimum Gasteiger partial charge on any atom is -0.352 e. The van der Waals surface area contributed by atoms with Gasteiger partial charge in [0, 0.05) is 24.7 Å². The Labute approximate surface area is 117 Å². The fraction of sp³-hybridized carbons (Fsp3) is 0.500. The average molecular weight is 276 g/mol. The highest BCUT2D eigenvalue weighted by molar-refractivity contribution is 5.81. The summed E-state index contributed by atoms with van der Waals surface area (Å²) in [4.78, 5) is 24.2. The molecule has 0 spiro atoms. The van der Waals surface area contributed by atoms with Gasteiger partial charge in [-0.2, -0.15) is 5.10 Å². The van der Waals surface area contributed by atoms with Gasteiger partial charge in [-0.05, 0) is 26.3 Å². The third-order valence-electron chi connectivity index (χ3n) is 3.49. The number of rotatable bonds is 4. The number of fused-ring (bicyclic) bond motifs is 1. The van der Waals surface area contributed by atoms with E-state index in [2.05, 4.69) is 10.4 Å². The minimum absolute atomic E-state index is 0.0311. The maximum atomic E-state index is 12.4. The molecule has 2 heterocycles. The summed E-state index contributed by atoms with van der Waals surface area (Å²) in [5.74, 6) is -0.153. The van der Waals surface area contributed by atoms with E-state index >= 15 is 0 Å². The zero-order chi connectivity index (χ0) is 14.9. The number of hydrogen-bond donors (Lipinski definition) is 1. The summed E-state index contributed by atoms with van der Waals surface area (Å²) in [6, 6.07) is 1.94. The molecule has 1 atom stereocenters. The van der Waals surface area contributed by atoms with Gasteiger partial charge in [0.15, 0.2) is 0 Å². The molecule has 6 nitrogen and oxygen atoms in total. The normalized spacial score (nSPS) is 12.6. The van der Waals surface area contributed by atoms with Crippen LogP contribution >= 0.6 is 0 Å². The first-order chi connectivity index (χ1) is 9.43. The van der Waals surface area contributed by atoms with Gasteiger partial charge in [-0.3, -0.25) is 14.3 Å². The van der Waals surface area contributed by atoms with Crippen LogP contribution in [0.3, 0.4) is 0 Å². The summed E-state index contributed by atoms with van der Waals surface area (Å²) >= 11 is 0. The third kappa shape index (κ3) is 2.59. The first kappa shape index (κ1) is 14.3. The minimum atomic E-state index is -0.190. The molecule has 0 radical (unpaired) electrons. The Bertz CT molecular complexity index is 699. The van der Waals surface area contributed by atoms with Crippen molar-refractivity contribution >= 4 is 16.8 Å². The van der Waals surface area contributed by atoms with E-state index < -0.39 is 0 Å². The van der Waals surface area contributed by atoms with E-state index in [0.717, 1.165) is 17.5 Å². The summed E-state index contributed by atoms with van der Waals surface area (Å²) < 4.78 is 2.98. The van der Waals surface area contributed by atoms with E-state index in [4.69, 9.17) is 0 Å². The Morgan fingerprint density at radius 2 is 2.20 bits per heavy atom. The van der Waals surface area contributed by atoms with E-state index in [1.807, 2.05) is 26.8 Å². The van der Waals surface area contributed by atoms with E-state index in [0.29, 0.717) is 5.52 Å². The maximum Gasteiger partial charge on any atom is 0.277 e. The van der Waals surface area contributed by atoms with Gasteiger partial charge in [0.05, 0.1) is 5.69 Å². The highest BCUT2D eigenvalue weighted by Crippen LogP contribution is 2.12. The Morgan fingerprint density at radius 3 is 2.85 bits per heavy atom. The molecular weight excluding hydrogens is 256 g/mol. The van der Waals surface area contributed by atoms with Crippen molar-refractivity contribution in [3.8, 4) is 0 Å². The zero-order valence-corrected chi connectivity index (χ0v) is 12.3. The number of nitrogens with zero attached hydrogens (tertiary/aromatic N) is 3. The Hall–Kier alpha value is -2.11. The fourth-order valence-corrected chi connectivity index (χ4v) is 2.20. The number of aryl methyl sites for hydroxylation is 2. The number of hydrogen-bond acceptors (Lipinski definition) is 3. The Balaban J connectivity index is 2.32. The molecule has 0 unspecified atom stereocenters. The smallest absolute Gasteiger partial charge is 0.277 e. The molecule has 2 rings (SSSR count). The SMILES string of the molecule is CC[C@@H](C)NC(=O)Cn1ccc2c(C)nn(C)c2c1=O. The molecule has 0 fully saturated rings. The van der Waals surface area contributed by atoms with E-state index in [-0.39, 0.29) is 24.1 Å². The lowest BCUT2D eigenvalue weighted by atomic mass is 10.2. The molecule has 108 valence electrons. The standard InChI is InChI=1S/C14H20N4O2/c1-5-9(2)15-12(19)8-18-7-6-11-10(3)16-17(4)13(11)14(18)20/h6-7,9H,5,8H2,1-4H3,(H,15,19)/t9-/m1/s1. The van der Waals surface area contributed by atoms with Crippen LogP contribution < -0.4 is 10.9 Å². The van der Waals surface area contributed by atoms with Crippen LogP contribution in [0.5, 0.6) is 0 Å². The van der Waals surface area contributed by atoms with Crippen molar-refractivity contribution in [1.29, 1.82) is 0 Å². The molecule has 1 amide bonds.